The van der Waals surface area contributed by atoms with Crippen LogP contribution >= 0.6 is 0 Å². The van der Waals surface area contributed by atoms with Crippen molar-refractivity contribution in [2.75, 3.05) is 0 Å². The van der Waals surface area contributed by atoms with Crippen molar-refractivity contribution in [1.82, 2.24) is 24.1 Å². The summed E-state index contributed by atoms with van der Waals surface area (Å²) in [5.74, 6) is 1.59. The number of halogens is 3. The number of nitriles is 2. The van der Waals surface area contributed by atoms with Crippen molar-refractivity contribution < 1.29 is 13.2 Å². The molecule has 0 spiro atoms. The molecule has 9 aromatic carbocycles. The highest BCUT2D eigenvalue weighted by atomic mass is 19.4. The molecule has 0 bridgehead atoms. The van der Waals surface area contributed by atoms with Crippen LogP contribution in [0.2, 0.25) is 0 Å². The van der Waals surface area contributed by atoms with Gasteiger partial charge < -0.3 is 9.13 Å². The van der Waals surface area contributed by atoms with Gasteiger partial charge >= 0.3 is 6.18 Å². The van der Waals surface area contributed by atoms with Crippen molar-refractivity contribution in [2.45, 2.75) is 6.18 Å². The third-order valence-corrected chi connectivity index (χ3v) is 12.8. The second kappa shape index (κ2) is 16.6. The molecule has 0 radical (unpaired) electrons. The Kier molecular flexibility index (Phi) is 9.90. The Morgan fingerprint density at radius 3 is 1.50 bits per heavy atom. The highest BCUT2D eigenvalue weighted by molar-refractivity contribution is 6.12. The minimum absolute atomic E-state index is 0.155. The van der Waals surface area contributed by atoms with Crippen molar-refractivity contribution >= 4 is 43.6 Å². The zero-order valence-electron chi connectivity index (χ0n) is 36.9. The minimum atomic E-state index is -4.64. The predicted octanol–water partition coefficient (Wildman–Crippen LogP) is 15.2. The molecule has 3 heterocycles. The van der Waals surface area contributed by atoms with E-state index in [1.165, 1.54) is 6.07 Å². The fourth-order valence-corrected chi connectivity index (χ4v) is 9.65. The topological polar surface area (TPSA) is 96.1 Å². The van der Waals surface area contributed by atoms with Crippen molar-refractivity contribution in [3.8, 4) is 79.9 Å². The molecule has 0 unspecified atom stereocenters. The zero-order chi connectivity index (χ0) is 47.5. The Morgan fingerprint density at radius 2 is 0.914 bits per heavy atom. The summed E-state index contributed by atoms with van der Waals surface area (Å²) in [6.07, 6.45) is -4.64. The van der Waals surface area contributed by atoms with E-state index in [1.807, 2.05) is 114 Å². The third-order valence-electron chi connectivity index (χ3n) is 12.8. The number of alkyl halides is 3. The van der Waals surface area contributed by atoms with Crippen LogP contribution in [0.5, 0.6) is 0 Å². The van der Waals surface area contributed by atoms with Crippen molar-refractivity contribution in [3.63, 3.8) is 0 Å². The standard InChI is InChI=1S/C60H34F3N7/c61-60(62,63)44-25-26-46(43(31-44)36-65)50-29-37(35-64)23-27-55(50)70-54-22-12-9-19-49(54)51-34-40(24-28-56(51)70)41-30-42(33-45(32-41)69-52-20-10-7-17-47(52)48-18-8-11-21-53(48)69)59-67-57(38-13-3-1-4-14-38)66-58(68-59)39-15-5-2-6-16-39/h1-34H. The number of para-hydroxylation sites is 3. The number of nitrogens with zero attached hydrogens (tertiary/aromatic N) is 7. The summed E-state index contributed by atoms with van der Waals surface area (Å²) in [6.45, 7) is 0. The molecule has 0 amide bonds. The maximum absolute atomic E-state index is 13.9. The first-order valence-electron chi connectivity index (χ1n) is 22.4. The number of aromatic nitrogens is 5. The SMILES string of the molecule is N#Cc1ccc(-n2c3ccccc3c3cc(-c4cc(-c5nc(-c6ccccc6)nc(-c6ccccc6)n5)cc(-n5c6ccccc6c6ccccc65)c4)ccc32)c(-c2ccc(C(F)(F)F)cc2C#N)c1. The highest BCUT2D eigenvalue weighted by Crippen LogP contribution is 2.42. The molecule has 70 heavy (non-hydrogen) atoms. The first kappa shape index (κ1) is 41.8. The van der Waals surface area contributed by atoms with Crippen molar-refractivity contribution in [3.05, 3.63) is 223 Å². The summed E-state index contributed by atoms with van der Waals surface area (Å²) in [5, 5.41) is 24.3. The Bertz CT molecular complexity index is 4030. The Balaban J connectivity index is 1.10. The Morgan fingerprint density at radius 1 is 0.386 bits per heavy atom. The van der Waals surface area contributed by atoms with Crippen LogP contribution in [0.3, 0.4) is 0 Å². The van der Waals surface area contributed by atoms with Crippen LogP contribution in [-0.2, 0) is 6.18 Å². The normalized spacial score (nSPS) is 11.6. The number of benzene rings is 9. The lowest BCUT2D eigenvalue weighted by atomic mass is 9.95. The van der Waals surface area contributed by atoms with E-state index in [2.05, 4.69) is 77.4 Å². The molecule has 0 aliphatic rings. The van der Waals surface area contributed by atoms with Crippen molar-refractivity contribution in [2.24, 2.45) is 0 Å². The van der Waals surface area contributed by atoms with Gasteiger partial charge in [0.15, 0.2) is 17.5 Å². The summed E-state index contributed by atoms with van der Waals surface area (Å²) < 4.78 is 46.0. The molecule has 0 N–H and O–H groups in total. The van der Waals surface area contributed by atoms with Gasteiger partial charge in [0, 0.05) is 55.0 Å². The lowest BCUT2D eigenvalue weighted by Crippen LogP contribution is -2.06. The smallest absolute Gasteiger partial charge is 0.309 e. The summed E-state index contributed by atoms with van der Waals surface area (Å²) >= 11 is 0. The van der Waals surface area contributed by atoms with Gasteiger partial charge in [0.05, 0.1) is 56.6 Å². The maximum Gasteiger partial charge on any atom is 0.416 e. The molecular formula is C60H34F3N7. The van der Waals surface area contributed by atoms with E-state index in [1.54, 1.807) is 18.2 Å². The molecular weight excluding hydrogens is 876 g/mol. The second-order valence-corrected chi connectivity index (χ2v) is 17.0. The van der Waals surface area contributed by atoms with E-state index in [0.717, 1.165) is 89.2 Å². The molecule has 3 aromatic heterocycles. The van der Waals surface area contributed by atoms with Gasteiger partial charge in [0.25, 0.3) is 0 Å². The predicted molar refractivity (Wildman–Crippen MR) is 270 cm³/mol. The summed E-state index contributed by atoms with van der Waals surface area (Å²) in [4.78, 5) is 15.3. The first-order valence-corrected chi connectivity index (χ1v) is 22.4. The molecule has 0 saturated heterocycles. The van der Waals surface area contributed by atoms with E-state index < -0.39 is 11.7 Å². The van der Waals surface area contributed by atoms with Gasteiger partial charge in [-0.15, -0.1) is 0 Å². The van der Waals surface area contributed by atoms with Crippen LogP contribution in [0.15, 0.2) is 206 Å². The Labute approximate surface area is 398 Å². The fraction of sp³-hybridized carbons (Fsp3) is 0.0167. The summed E-state index contributed by atoms with van der Waals surface area (Å²) in [5.41, 5.74) is 9.49. The summed E-state index contributed by atoms with van der Waals surface area (Å²) in [6, 6.07) is 69.6. The molecule has 330 valence electrons. The third kappa shape index (κ3) is 7.11. The number of fused-ring (bicyclic) bond motifs is 6. The average molecular weight is 910 g/mol. The van der Waals surface area contributed by atoms with Crippen LogP contribution in [0.4, 0.5) is 13.2 Å². The van der Waals surface area contributed by atoms with Gasteiger partial charge in [-0.2, -0.15) is 23.7 Å². The molecule has 12 rings (SSSR count). The first-order chi connectivity index (χ1) is 34.2. The Hall–Kier alpha value is -9.64. The lowest BCUT2D eigenvalue weighted by Gasteiger charge is -2.17. The molecule has 0 fully saturated rings. The van der Waals surface area contributed by atoms with Crippen LogP contribution in [0, 0.1) is 22.7 Å². The second-order valence-electron chi connectivity index (χ2n) is 17.0. The largest absolute Gasteiger partial charge is 0.416 e. The van der Waals surface area contributed by atoms with E-state index in [4.69, 9.17) is 15.0 Å². The van der Waals surface area contributed by atoms with Gasteiger partial charge in [0.2, 0.25) is 0 Å². The van der Waals surface area contributed by atoms with Crippen LogP contribution in [0.25, 0.3) is 111 Å². The quantitative estimate of drug-likeness (QED) is 0.159. The highest BCUT2D eigenvalue weighted by Gasteiger charge is 2.31. The van der Waals surface area contributed by atoms with Gasteiger partial charge in [-0.05, 0) is 90.0 Å². The molecule has 12 aromatic rings. The molecule has 0 saturated carbocycles. The van der Waals surface area contributed by atoms with E-state index in [9.17, 15) is 23.7 Å². The van der Waals surface area contributed by atoms with Gasteiger partial charge in [-0.1, -0.05) is 127 Å². The van der Waals surface area contributed by atoms with E-state index in [-0.39, 0.29) is 11.1 Å². The molecule has 0 aliphatic carbocycles. The number of hydrogen-bond acceptors (Lipinski definition) is 5. The van der Waals surface area contributed by atoms with E-state index in [0.29, 0.717) is 34.3 Å². The van der Waals surface area contributed by atoms with E-state index >= 15 is 0 Å². The minimum Gasteiger partial charge on any atom is -0.309 e. The van der Waals surface area contributed by atoms with Gasteiger partial charge in [-0.3, -0.25) is 0 Å². The maximum atomic E-state index is 13.9. The molecule has 7 nitrogen and oxygen atoms in total. The number of hydrogen-bond donors (Lipinski definition) is 0. The van der Waals surface area contributed by atoms with Crippen LogP contribution in [0.1, 0.15) is 16.7 Å². The molecule has 0 atom stereocenters. The number of rotatable bonds is 7. The van der Waals surface area contributed by atoms with Crippen LogP contribution in [-0.4, -0.2) is 24.1 Å². The molecule has 0 aliphatic heterocycles. The lowest BCUT2D eigenvalue weighted by molar-refractivity contribution is -0.137. The molecule has 10 heteroatoms. The summed E-state index contributed by atoms with van der Waals surface area (Å²) in [7, 11) is 0. The van der Waals surface area contributed by atoms with Gasteiger partial charge in [-0.25, -0.2) is 15.0 Å². The van der Waals surface area contributed by atoms with Gasteiger partial charge in [0.1, 0.15) is 0 Å². The average Bonchev–Trinajstić information content (AvgIpc) is 3.93. The van der Waals surface area contributed by atoms with Crippen molar-refractivity contribution in [1.29, 1.82) is 10.5 Å². The van der Waals surface area contributed by atoms with Crippen LogP contribution < -0.4 is 0 Å². The zero-order valence-corrected chi connectivity index (χ0v) is 36.9. The monoisotopic (exact) mass is 909 g/mol. The fourth-order valence-electron chi connectivity index (χ4n) is 9.65.